The van der Waals surface area contributed by atoms with Crippen molar-refractivity contribution in [1.82, 2.24) is 4.90 Å². The van der Waals surface area contributed by atoms with Crippen molar-refractivity contribution < 1.29 is 14.7 Å². The molecule has 4 nitrogen and oxygen atoms in total. The maximum atomic E-state index is 12.5. The van der Waals surface area contributed by atoms with Gasteiger partial charge in [-0.05, 0) is 32.6 Å². The fourth-order valence-corrected chi connectivity index (χ4v) is 2.91. The van der Waals surface area contributed by atoms with Crippen LogP contribution in [0.2, 0.25) is 0 Å². The van der Waals surface area contributed by atoms with Gasteiger partial charge in [-0.2, -0.15) is 0 Å². The molecule has 1 fully saturated rings. The number of rotatable bonds is 5. The van der Waals surface area contributed by atoms with Gasteiger partial charge in [-0.15, -0.1) is 0 Å². The standard InChI is InChI=1S/C15H27NO3/c1-4-15(5-2,14(18)19)11-13(17)16-10-8-6-7-9-12(16)3/h12H,4-11H2,1-3H3,(H,18,19). The van der Waals surface area contributed by atoms with Crippen molar-refractivity contribution in [3.63, 3.8) is 0 Å². The lowest BCUT2D eigenvalue weighted by Gasteiger charge is -2.32. The largest absolute Gasteiger partial charge is 0.481 e. The van der Waals surface area contributed by atoms with Crippen LogP contribution in [0.25, 0.3) is 0 Å². The van der Waals surface area contributed by atoms with Crippen LogP contribution in [0.5, 0.6) is 0 Å². The number of carbonyl (C=O) groups excluding carboxylic acids is 1. The number of carboxylic acid groups (broad SMARTS) is 1. The first-order valence-corrected chi connectivity index (χ1v) is 7.49. The SMILES string of the molecule is CCC(CC)(CC(=O)N1CCCCCC1C)C(=O)O. The van der Waals surface area contributed by atoms with Gasteiger partial charge >= 0.3 is 5.97 Å². The second-order valence-corrected chi connectivity index (χ2v) is 5.75. The molecule has 1 aliphatic rings. The van der Waals surface area contributed by atoms with E-state index in [0.717, 1.165) is 25.8 Å². The molecule has 0 aromatic rings. The van der Waals surface area contributed by atoms with Gasteiger partial charge in [0.15, 0.2) is 0 Å². The minimum atomic E-state index is -0.886. The van der Waals surface area contributed by atoms with Crippen molar-refractivity contribution in [3.05, 3.63) is 0 Å². The average Bonchev–Trinajstić information content (AvgIpc) is 2.60. The molecular formula is C15H27NO3. The summed E-state index contributed by atoms with van der Waals surface area (Å²) in [5, 5.41) is 9.42. The third kappa shape index (κ3) is 3.71. The van der Waals surface area contributed by atoms with Gasteiger partial charge in [0.1, 0.15) is 0 Å². The Morgan fingerprint density at radius 1 is 1.21 bits per heavy atom. The lowest BCUT2D eigenvalue weighted by atomic mass is 9.79. The van der Waals surface area contributed by atoms with Gasteiger partial charge < -0.3 is 10.0 Å². The molecule has 1 amide bonds. The number of likely N-dealkylation sites (tertiary alicyclic amines) is 1. The van der Waals surface area contributed by atoms with Crippen LogP contribution in [0.1, 0.15) is 65.7 Å². The van der Waals surface area contributed by atoms with E-state index in [2.05, 4.69) is 6.92 Å². The second-order valence-electron chi connectivity index (χ2n) is 5.75. The van der Waals surface area contributed by atoms with Gasteiger partial charge in [0.25, 0.3) is 0 Å². The summed E-state index contributed by atoms with van der Waals surface area (Å²) in [7, 11) is 0. The predicted octanol–water partition coefficient (Wildman–Crippen LogP) is 3.06. The minimum absolute atomic E-state index is 0.0144. The highest BCUT2D eigenvalue weighted by Crippen LogP contribution is 2.32. The first-order valence-electron chi connectivity index (χ1n) is 7.49. The summed E-state index contributed by atoms with van der Waals surface area (Å²) in [6.07, 6.45) is 5.55. The quantitative estimate of drug-likeness (QED) is 0.834. The lowest BCUT2D eigenvalue weighted by molar-refractivity contribution is -0.154. The van der Waals surface area contributed by atoms with Crippen molar-refractivity contribution in [2.45, 2.75) is 71.8 Å². The van der Waals surface area contributed by atoms with Crippen LogP contribution >= 0.6 is 0 Å². The van der Waals surface area contributed by atoms with Crippen LogP contribution < -0.4 is 0 Å². The van der Waals surface area contributed by atoms with Crippen LogP contribution in [0.4, 0.5) is 0 Å². The van der Waals surface area contributed by atoms with Crippen molar-refractivity contribution >= 4 is 11.9 Å². The molecule has 0 spiro atoms. The molecular weight excluding hydrogens is 242 g/mol. The van der Waals surface area contributed by atoms with Crippen molar-refractivity contribution in [2.75, 3.05) is 6.54 Å². The Morgan fingerprint density at radius 2 is 1.84 bits per heavy atom. The maximum Gasteiger partial charge on any atom is 0.310 e. The Balaban J connectivity index is 2.78. The number of carbonyl (C=O) groups is 2. The molecule has 1 aliphatic heterocycles. The van der Waals surface area contributed by atoms with Crippen LogP contribution in [-0.2, 0) is 9.59 Å². The van der Waals surface area contributed by atoms with Crippen LogP contribution in [0.15, 0.2) is 0 Å². The summed E-state index contributed by atoms with van der Waals surface area (Å²) in [5.74, 6) is -0.825. The fraction of sp³-hybridized carbons (Fsp3) is 0.867. The van der Waals surface area contributed by atoms with Crippen LogP contribution in [0, 0.1) is 5.41 Å². The van der Waals surface area contributed by atoms with Gasteiger partial charge in [0.05, 0.1) is 5.41 Å². The zero-order valence-electron chi connectivity index (χ0n) is 12.4. The molecule has 0 bridgehead atoms. The first-order chi connectivity index (χ1) is 8.96. The Hall–Kier alpha value is -1.06. The average molecular weight is 269 g/mol. The molecule has 1 N–H and O–H groups in total. The number of hydrogen-bond donors (Lipinski definition) is 1. The summed E-state index contributed by atoms with van der Waals surface area (Å²) < 4.78 is 0. The molecule has 0 saturated carbocycles. The molecule has 1 atom stereocenters. The topological polar surface area (TPSA) is 57.6 Å². The Bertz CT molecular complexity index is 323. The van der Waals surface area contributed by atoms with E-state index in [4.69, 9.17) is 0 Å². The third-order valence-electron chi connectivity index (χ3n) is 4.67. The van der Waals surface area contributed by atoms with Gasteiger partial charge in [0.2, 0.25) is 5.91 Å². The molecule has 0 radical (unpaired) electrons. The van der Waals surface area contributed by atoms with E-state index in [9.17, 15) is 14.7 Å². The third-order valence-corrected chi connectivity index (χ3v) is 4.67. The molecule has 19 heavy (non-hydrogen) atoms. The number of nitrogens with zero attached hydrogens (tertiary/aromatic N) is 1. The summed E-state index contributed by atoms with van der Waals surface area (Å²) >= 11 is 0. The van der Waals surface area contributed by atoms with Gasteiger partial charge in [-0.3, -0.25) is 9.59 Å². The highest BCUT2D eigenvalue weighted by molar-refractivity contribution is 5.85. The molecule has 0 aromatic heterocycles. The van der Waals surface area contributed by atoms with E-state index >= 15 is 0 Å². The predicted molar refractivity (Wildman–Crippen MR) is 74.9 cm³/mol. The van der Waals surface area contributed by atoms with Crippen LogP contribution in [0.3, 0.4) is 0 Å². The maximum absolute atomic E-state index is 12.5. The van der Waals surface area contributed by atoms with E-state index < -0.39 is 11.4 Å². The summed E-state index contributed by atoms with van der Waals surface area (Å²) in [6.45, 7) is 6.57. The first kappa shape index (κ1) is 16.0. The Labute approximate surface area is 116 Å². The number of aliphatic carboxylic acids is 1. The smallest absolute Gasteiger partial charge is 0.310 e. The molecule has 1 saturated heterocycles. The van der Waals surface area contributed by atoms with Crippen LogP contribution in [-0.4, -0.2) is 34.5 Å². The fourth-order valence-electron chi connectivity index (χ4n) is 2.91. The monoisotopic (exact) mass is 269 g/mol. The number of hydrogen-bond acceptors (Lipinski definition) is 2. The van der Waals surface area contributed by atoms with Gasteiger partial charge in [-0.1, -0.05) is 26.7 Å². The van der Waals surface area contributed by atoms with Crippen molar-refractivity contribution in [3.8, 4) is 0 Å². The molecule has 4 heteroatoms. The molecule has 0 aromatic carbocycles. The van der Waals surface area contributed by atoms with Crippen molar-refractivity contribution in [1.29, 1.82) is 0 Å². The van der Waals surface area contributed by atoms with Crippen molar-refractivity contribution in [2.24, 2.45) is 5.41 Å². The van der Waals surface area contributed by atoms with Gasteiger partial charge in [0, 0.05) is 19.0 Å². The van der Waals surface area contributed by atoms with E-state index in [1.807, 2.05) is 18.7 Å². The lowest BCUT2D eigenvalue weighted by Crippen LogP contribution is -2.43. The molecule has 110 valence electrons. The Morgan fingerprint density at radius 3 is 2.37 bits per heavy atom. The zero-order chi connectivity index (χ0) is 14.5. The van der Waals surface area contributed by atoms with E-state index in [-0.39, 0.29) is 18.4 Å². The van der Waals surface area contributed by atoms with Gasteiger partial charge in [-0.25, -0.2) is 0 Å². The summed E-state index contributed by atoms with van der Waals surface area (Å²) in [5.41, 5.74) is -0.886. The second kappa shape index (κ2) is 6.92. The normalized spacial score (nSPS) is 21.0. The van der Waals surface area contributed by atoms with E-state index in [1.54, 1.807) is 0 Å². The highest BCUT2D eigenvalue weighted by Gasteiger charge is 2.39. The van der Waals surface area contributed by atoms with E-state index in [1.165, 1.54) is 6.42 Å². The zero-order valence-corrected chi connectivity index (χ0v) is 12.4. The molecule has 1 rings (SSSR count). The summed E-state index contributed by atoms with van der Waals surface area (Å²) in [4.78, 5) is 25.8. The van der Waals surface area contributed by atoms with E-state index in [0.29, 0.717) is 12.8 Å². The molecule has 0 aliphatic carbocycles. The highest BCUT2D eigenvalue weighted by atomic mass is 16.4. The molecule has 1 unspecified atom stereocenters. The summed E-state index contributed by atoms with van der Waals surface area (Å²) in [6, 6.07) is 0.246. The number of amides is 1. The minimum Gasteiger partial charge on any atom is -0.481 e. The molecule has 1 heterocycles. The number of carboxylic acids is 1. The Kier molecular flexibility index (Phi) is 5.83.